The molecule has 8 aromatic carbocycles. The molecule has 0 radical (unpaired) electrons. The minimum absolute atomic E-state index is 0.0209. The number of hydrogen-bond acceptors (Lipinski definition) is 3. The summed E-state index contributed by atoms with van der Waals surface area (Å²) in [6, 6.07) is 65.7. The van der Waals surface area contributed by atoms with Gasteiger partial charge >= 0.3 is 0 Å². The first-order valence-electron chi connectivity index (χ1n) is 26.7. The van der Waals surface area contributed by atoms with Crippen LogP contribution >= 0.6 is 0 Å². The molecule has 6 heteroatoms. The van der Waals surface area contributed by atoms with Crippen molar-refractivity contribution in [2.75, 3.05) is 4.90 Å². The first-order chi connectivity index (χ1) is 35.7. The van der Waals surface area contributed by atoms with E-state index in [1.807, 2.05) is 6.20 Å². The van der Waals surface area contributed by atoms with Crippen LogP contribution in [0.4, 0.5) is 11.4 Å². The Labute approximate surface area is 443 Å². The van der Waals surface area contributed by atoms with Crippen LogP contribution in [0.25, 0.3) is 82.1 Å². The van der Waals surface area contributed by atoms with Gasteiger partial charge in [0.2, 0.25) is 0 Å². The average molecular weight is 997 g/mol. The van der Waals surface area contributed by atoms with E-state index in [-0.39, 0.29) is 16.2 Å². The maximum atomic E-state index is 6.95. The Morgan fingerprint density at radius 1 is 0.453 bits per heavy atom. The summed E-state index contributed by atoms with van der Waals surface area (Å²) in [5.41, 5.74) is 13.2. The predicted octanol–water partition coefficient (Wildman–Crippen LogP) is 18.7. The molecule has 0 fully saturated rings. The molecule has 0 unspecified atom stereocenters. The standard InChI is InChI=1S/C69H68N4OSi/c1-67(2,3)45-30-32-55-59-27-19-29-62-66(59)72(65-52(44-36-47(69(7,8)9)38-51(37-44)75(10,11)12)25-18-26-58(65)53-22-13-14-23-54(53)60(55)39-45)43-71(62)48-20-17-21-49(41-48)74-50-31-33-57-56-24-15-16-28-61(56)73(63(57)42-50)64-40-46(34-35-70-64)68(4,5)6/h13-42H,43H2,1-12H3. The van der Waals surface area contributed by atoms with Crippen LogP contribution in [0.3, 0.4) is 0 Å². The van der Waals surface area contributed by atoms with Crippen molar-refractivity contribution in [2.24, 2.45) is 0 Å². The van der Waals surface area contributed by atoms with Crippen LogP contribution in [0, 0.1) is 0 Å². The zero-order chi connectivity index (χ0) is 52.3. The normalized spacial score (nSPS) is 13.3. The third-order valence-electron chi connectivity index (χ3n) is 15.7. The molecule has 12 rings (SSSR count). The highest BCUT2D eigenvalue weighted by Crippen LogP contribution is 2.46. The van der Waals surface area contributed by atoms with Gasteiger partial charge in [-0.15, -0.1) is 0 Å². The summed E-state index contributed by atoms with van der Waals surface area (Å²) in [4.78, 5) is 7.42. The molecule has 0 bridgehead atoms. The van der Waals surface area contributed by atoms with Crippen LogP contribution in [0.15, 0.2) is 182 Å². The predicted molar refractivity (Wildman–Crippen MR) is 324 cm³/mol. The lowest BCUT2D eigenvalue weighted by molar-refractivity contribution is 0.483. The van der Waals surface area contributed by atoms with Gasteiger partial charge < -0.3 is 14.2 Å². The zero-order valence-electron chi connectivity index (χ0n) is 45.7. The Bertz CT molecular complexity index is 4150. The van der Waals surface area contributed by atoms with E-state index in [1.54, 1.807) is 0 Å². The van der Waals surface area contributed by atoms with Crippen molar-refractivity contribution in [3.63, 3.8) is 0 Å². The van der Waals surface area contributed by atoms with Gasteiger partial charge in [-0.25, -0.2) is 4.98 Å². The summed E-state index contributed by atoms with van der Waals surface area (Å²) in [6.45, 7) is 28.8. The molecule has 0 atom stereocenters. The van der Waals surface area contributed by atoms with E-state index >= 15 is 0 Å². The van der Waals surface area contributed by atoms with Crippen molar-refractivity contribution in [3.05, 3.63) is 199 Å². The molecule has 75 heavy (non-hydrogen) atoms. The number of fused-ring (bicyclic) bond motifs is 10. The molecule has 0 amide bonds. The number of hydrogen-bond donors (Lipinski definition) is 0. The van der Waals surface area contributed by atoms with Gasteiger partial charge in [-0.05, 0) is 115 Å². The summed E-state index contributed by atoms with van der Waals surface area (Å²) >= 11 is 0. The summed E-state index contributed by atoms with van der Waals surface area (Å²) in [6.07, 6.45) is 1.93. The van der Waals surface area contributed by atoms with Crippen molar-refractivity contribution < 1.29 is 4.74 Å². The summed E-state index contributed by atoms with van der Waals surface area (Å²) in [7, 11) is -1.74. The van der Waals surface area contributed by atoms with Crippen molar-refractivity contribution in [1.82, 2.24) is 14.1 Å². The van der Waals surface area contributed by atoms with E-state index in [0.717, 1.165) is 45.1 Å². The number of pyridine rings is 1. The monoisotopic (exact) mass is 997 g/mol. The van der Waals surface area contributed by atoms with E-state index in [9.17, 15) is 0 Å². The molecule has 4 heterocycles. The smallest absolute Gasteiger partial charge is 0.137 e. The van der Waals surface area contributed by atoms with Crippen molar-refractivity contribution in [1.29, 1.82) is 0 Å². The average Bonchev–Trinajstić information content (AvgIpc) is 3.94. The van der Waals surface area contributed by atoms with Crippen LogP contribution in [0.2, 0.25) is 19.6 Å². The Kier molecular flexibility index (Phi) is 11.2. The van der Waals surface area contributed by atoms with Crippen LogP contribution in [0.5, 0.6) is 11.5 Å². The highest BCUT2D eigenvalue weighted by atomic mass is 28.3. The van der Waals surface area contributed by atoms with E-state index in [2.05, 4.69) is 272 Å². The second kappa shape index (κ2) is 17.5. The van der Waals surface area contributed by atoms with Crippen LogP contribution < -0.4 is 14.8 Å². The number of rotatable bonds is 6. The highest BCUT2D eigenvalue weighted by molar-refractivity contribution is 6.88. The van der Waals surface area contributed by atoms with E-state index < -0.39 is 8.07 Å². The Hall–Kier alpha value is -7.67. The third kappa shape index (κ3) is 8.44. The number of ether oxygens (including phenoxy) is 1. The molecule has 0 N–H and O–H groups in total. The largest absolute Gasteiger partial charge is 0.457 e. The molecule has 0 saturated heterocycles. The Balaban J connectivity index is 1.08. The SMILES string of the molecule is CC(C)(C)c1cc(-c2cccc3c4ccccc4c4cc(C(C)(C)C)ccc4c4cccc5c4n(c23)CN5c2cccc(Oc3ccc4c5ccccc5n(-c5cc(C(C)(C)C)ccn5)c4c3)c2)cc([Si](C)(C)C)c1. The van der Waals surface area contributed by atoms with E-state index in [4.69, 9.17) is 9.72 Å². The number of para-hydroxylation sites is 3. The van der Waals surface area contributed by atoms with Crippen LogP contribution in [-0.2, 0) is 22.9 Å². The summed E-state index contributed by atoms with van der Waals surface area (Å²) in [5, 5.41) is 11.2. The summed E-state index contributed by atoms with van der Waals surface area (Å²) in [5.74, 6) is 2.43. The zero-order valence-corrected chi connectivity index (χ0v) is 46.7. The van der Waals surface area contributed by atoms with Gasteiger partial charge in [0.05, 0.1) is 35.8 Å². The maximum absolute atomic E-state index is 6.95. The number of anilines is 2. The Morgan fingerprint density at radius 2 is 1.05 bits per heavy atom. The van der Waals surface area contributed by atoms with Crippen LogP contribution in [-0.4, -0.2) is 22.2 Å². The highest BCUT2D eigenvalue weighted by Gasteiger charge is 2.28. The first-order valence-corrected chi connectivity index (χ1v) is 30.2. The Morgan fingerprint density at radius 3 is 1.79 bits per heavy atom. The molecule has 0 spiro atoms. The molecule has 0 saturated carbocycles. The third-order valence-corrected chi connectivity index (χ3v) is 17.7. The molecule has 3 aromatic heterocycles. The van der Waals surface area contributed by atoms with Gasteiger partial charge in [0.1, 0.15) is 24.0 Å². The minimum atomic E-state index is -1.74. The van der Waals surface area contributed by atoms with Gasteiger partial charge in [0.25, 0.3) is 0 Å². The maximum Gasteiger partial charge on any atom is 0.137 e. The minimum Gasteiger partial charge on any atom is -0.457 e. The first kappa shape index (κ1) is 48.3. The lowest BCUT2D eigenvalue weighted by Gasteiger charge is -2.26. The molecule has 11 aromatic rings. The lowest BCUT2D eigenvalue weighted by atomic mass is 9.85. The second-order valence-electron chi connectivity index (χ2n) is 25.0. The van der Waals surface area contributed by atoms with Gasteiger partial charge in [-0.3, -0.25) is 4.57 Å². The molecular formula is C69H68N4OSi. The van der Waals surface area contributed by atoms with Gasteiger partial charge in [0.15, 0.2) is 0 Å². The topological polar surface area (TPSA) is 35.2 Å². The number of benzene rings is 8. The van der Waals surface area contributed by atoms with E-state index in [1.165, 1.54) is 81.7 Å². The molecule has 0 aliphatic carbocycles. The molecule has 5 nitrogen and oxygen atoms in total. The molecular weight excluding hydrogens is 929 g/mol. The van der Waals surface area contributed by atoms with E-state index in [0.29, 0.717) is 6.67 Å². The van der Waals surface area contributed by atoms with Crippen molar-refractivity contribution >= 4 is 89.8 Å². The fraction of sp³-hybridized carbons (Fsp3) is 0.232. The van der Waals surface area contributed by atoms with Crippen molar-refractivity contribution in [3.8, 4) is 28.4 Å². The van der Waals surface area contributed by atoms with Gasteiger partial charge in [-0.2, -0.15) is 0 Å². The number of aromatic nitrogens is 3. The van der Waals surface area contributed by atoms with Crippen LogP contribution in [0.1, 0.15) is 79.0 Å². The van der Waals surface area contributed by atoms with Crippen molar-refractivity contribution in [2.45, 2.75) is 105 Å². The summed E-state index contributed by atoms with van der Waals surface area (Å²) < 4.78 is 11.9. The van der Waals surface area contributed by atoms with Gasteiger partial charge in [-0.1, -0.05) is 196 Å². The number of nitrogens with zero attached hydrogens (tertiary/aromatic N) is 4. The fourth-order valence-electron chi connectivity index (χ4n) is 11.4. The second-order valence-corrected chi connectivity index (χ2v) is 30.1. The quantitative estimate of drug-likeness (QED) is 0.156. The van der Waals surface area contributed by atoms with Gasteiger partial charge in [0, 0.05) is 51.1 Å². The molecule has 1 aliphatic heterocycles. The lowest BCUT2D eigenvalue weighted by Crippen LogP contribution is -2.38. The fourth-order valence-corrected chi connectivity index (χ4v) is 12.6. The molecule has 374 valence electrons. The molecule has 1 aliphatic rings.